The van der Waals surface area contributed by atoms with Crippen LogP contribution in [-0.2, 0) is 0 Å². The summed E-state index contributed by atoms with van der Waals surface area (Å²) in [6.45, 7) is 9.45. The Morgan fingerprint density at radius 1 is 1.26 bits per heavy atom. The Morgan fingerprint density at radius 2 is 1.89 bits per heavy atom. The summed E-state index contributed by atoms with van der Waals surface area (Å²) in [4.78, 5) is 4.55. The van der Waals surface area contributed by atoms with E-state index < -0.39 is 0 Å². The fourth-order valence-electron chi connectivity index (χ4n) is 1.78. The number of nitrogens with one attached hydrogen (secondary N) is 1. The highest BCUT2D eigenvalue weighted by molar-refractivity contribution is 9.10. The second-order valence-corrected chi connectivity index (χ2v) is 6.67. The lowest BCUT2D eigenvalue weighted by Gasteiger charge is -2.05. The normalized spacial score (nSPS) is 11.1. The molecule has 0 spiro atoms. The van der Waals surface area contributed by atoms with Gasteiger partial charge in [-0.15, -0.1) is 0 Å². The third-order valence-electron chi connectivity index (χ3n) is 2.78. The predicted molar refractivity (Wildman–Crippen MR) is 85.8 cm³/mol. The van der Waals surface area contributed by atoms with Crippen LogP contribution < -0.4 is 5.32 Å². The molecule has 0 aliphatic carbocycles. The van der Waals surface area contributed by atoms with E-state index in [0.29, 0.717) is 5.92 Å². The first-order valence-electron chi connectivity index (χ1n) is 6.32. The maximum atomic E-state index is 4.55. The summed E-state index contributed by atoms with van der Waals surface area (Å²) in [6, 6.07) is 4.23. The van der Waals surface area contributed by atoms with Gasteiger partial charge in [0.2, 0.25) is 5.13 Å². The van der Waals surface area contributed by atoms with E-state index in [1.54, 1.807) is 0 Å². The molecule has 0 unspecified atom stereocenters. The minimum Gasteiger partial charge on any atom is -0.360 e. The zero-order chi connectivity index (χ0) is 14.0. The molecular formula is C14H18BrN3S. The Morgan fingerprint density at radius 3 is 2.47 bits per heavy atom. The average molecular weight is 340 g/mol. The Hall–Kier alpha value is -0.940. The summed E-state index contributed by atoms with van der Waals surface area (Å²) >= 11 is 5.00. The van der Waals surface area contributed by atoms with Gasteiger partial charge in [-0.05, 0) is 43.0 Å². The van der Waals surface area contributed by atoms with E-state index in [2.05, 4.69) is 70.4 Å². The molecule has 0 saturated heterocycles. The van der Waals surface area contributed by atoms with Gasteiger partial charge in [0.1, 0.15) is 0 Å². The molecule has 1 aromatic carbocycles. The van der Waals surface area contributed by atoms with Crippen molar-refractivity contribution in [2.24, 2.45) is 5.92 Å². The number of hydrogen-bond donors (Lipinski definition) is 1. The number of anilines is 1. The van der Waals surface area contributed by atoms with Gasteiger partial charge in [0.05, 0.1) is 0 Å². The molecule has 0 saturated carbocycles. The fraction of sp³-hybridized carbons (Fsp3) is 0.429. The molecule has 102 valence electrons. The first-order chi connectivity index (χ1) is 8.97. The smallest absolute Gasteiger partial charge is 0.202 e. The Balaban J connectivity index is 2.23. The zero-order valence-corrected chi connectivity index (χ0v) is 14.0. The van der Waals surface area contributed by atoms with Crippen molar-refractivity contribution in [3.8, 4) is 11.4 Å². The van der Waals surface area contributed by atoms with Gasteiger partial charge in [0, 0.05) is 28.1 Å². The number of aryl methyl sites for hydroxylation is 2. The van der Waals surface area contributed by atoms with Gasteiger partial charge in [-0.2, -0.15) is 9.36 Å². The fourth-order valence-corrected chi connectivity index (χ4v) is 2.60. The third-order valence-corrected chi connectivity index (χ3v) is 4.71. The van der Waals surface area contributed by atoms with Crippen LogP contribution in [0.2, 0.25) is 0 Å². The summed E-state index contributed by atoms with van der Waals surface area (Å²) in [5.74, 6) is 1.40. The van der Waals surface area contributed by atoms with Crippen LogP contribution in [0.3, 0.4) is 0 Å². The number of nitrogens with zero attached hydrogens (tertiary/aromatic N) is 2. The lowest BCUT2D eigenvalue weighted by atomic mass is 10.1. The summed E-state index contributed by atoms with van der Waals surface area (Å²) in [5.41, 5.74) is 3.50. The van der Waals surface area contributed by atoms with E-state index in [0.717, 1.165) is 27.5 Å². The summed E-state index contributed by atoms with van der Waals surface area (Å²) in [7, 11) is 0. The van der Waals surface area contributed by atoms with Crippen molar-refractivity contribution in [3.05, 3.63) is 27.7 Å². The number of aromatic nitrogens is 2. The highest BCUT2D eigenvalue weighted by atomic mass is 79.9. The molecule has 2 aromatic rings. The molecule has 1 heterocycles. The van der Waals surface area contributed by atoms with Crippen LogP contribution >= 0.6 is 27.5 Å². The van der Waals surface area contributed by atoms with E-state index >= 15 is 0 Å². The molecule has 0 amide bonds. The van der Waals surface area contributed by atoms with Crippen molar-refractivity contribution < 1.29 is 0 Å². The predicted octanol–water partition coefficient (Wildman–Crippen LogP) is 4.65. The minimum atomic E-state index is 0.601. The van der Waals surface area contributed by atoms with Gasteiger partial charge in [-0.3, -0.25) is 0 Å². The van der Waals surface area contributed by atoms with Crippen molar-refractivity contribution in [2.45, 2.75) is 27.7 Å². The van der Waals surface area contributed by atoms with E-state index in [9.17, 15) is 0 Å². The summed E-state index contributed by atoms with van der Waals surface area (Å²) < 4.78 is 5.59. The molecule has 0 radical (unpaired) electrons. The molecule has 0 bridgehead atoms. The molecule has 1 aromatic heterocycles. The number of halogens is 1. The first-order valence-corrected chi connectivity index (χ1v) is 7.88. The molecular weight excluding hydrogens is 322 g/mol. The van der Waals surface area contributed by atoms with Crippen molar-refractivity contribution in [2.75, 3.05) is 11.9 Å². The van der Waals surface area contributed by atoms with Crippen LogP contribution in [0, 0.1) is 19.8 Å². The summed E-state index contributed by atoms with van der Waals surface area (Å²) in [5, 5.41) is 4.20. The van der Waals surface area contributed by atoms with Crippen LogP contribution in [0.4, 0.5) is 5.13 Å². The van der Waals surface area contributed by atoms with Crippen molar-refractivity contribution in [1.82, 2.24) is 9.36 Å². The molecule has 5 heteroatoms. The molecule has 2 rings (SSSR count). The summed E-state index contributed by atoms with van der Waals surface area (Å²) in [6.07, 6.45) is 0. The number of hydrogen-bond acceptors (Lipinski definition) is 4. The van der Waals surface area contributed by atoms with E-state index in [1.807, 2.05) is 0 Å². The highest BCUT2D eigenvalue weighted by Crippen LogP contribution is 2.28. The van der Waals surface area contributed by atoms with Crippen molar-refractivity contribution in [3.63, 3.8) is 0 Å². The molecule has 0 aliphatic rings. The van der Waals surface area contributed by atoms with Gasteiger partial charge in [0.15, 0.2) is 5.82 Å². The van der Waals surface area contributed by atoms with Crippen LogP contribution in [-0.4, -0.2) is 15.9 Å². The molecule has 0 aliphatic heterocycles. The maximum Gasteiger partial charge on any atom is 0.202 e. The lowest BCUT2D eigenvalue weighted by Crippen LogP contribution is -2.07. The highest BCUT2D eigenvalue weighted by Gasteiger charge is 2.09. The second-order valence-electron chi connectivity index (χ2n) is 5.12. The standard InChI is InChI=1S/C14H18BrN3S/c1-8(2)7-16-14-17-13(18-19-14)11-5-9(3)12(15)10(4)6-11/h5-6,8H,7H2,1-4H3,(H,16,17,18). The SMILES string of the molecule is Cc1cc(-c2nsc(NCC(C)C)n2)cc(C)c1Br. The largest absolute Gasteiger partial charge is 0.360 e. The molecule has 0 atom stereocenters. The van der Waals surface area contributed by atoms with E-state index in [4.69, 9.17) is 0 Å². The van der Waals surface area contributed by atoms with Crippen LogP contribution in [0.25, 0.3) is 11.4 Å². The number of benzene rings is 1. The van der Waals surface area contributed by atoms with Gasteiger partial charge in [0.25, 0.3) is 0 Å². The Bertz CT molecular complexity index is 555. The zero-order valence-electron chi connectivity index (χ0n) is 11.6. The topological polar surface area (TPSA) is 37.8 Å². The molecule has 19 heavy (non-hydrogen) atoms. The quantitative estimate of drug-likeness (QED) is 0.880. The third kappa shape index (κ3) is 3.54. The van der Waals surface area contributed by atoms with Gasteiger partial charge in [-0.1, -0.05) is 29.8 Å². The number of rotatable bonds is 4. The average Bonchev–Trinajstić information content (AvgIpc) is 2.81. The van der Waals surface area contributed by atoms with Crippen molar-refractivity contribution >= 4 is 32.6 Å². The molecule has 3 nitrogen and oxygen atoms in total. The van der Waals surface area contributed by atoms with Crippen LogP contribution in [0.15, 0.2) is 16.6 Å². The second kappa shape index (κ2) is 6.01. The maximum absolute atomic E-state index is 4.55. The van der Waals surface area contributed by atoms with Gasteiger partial charge in [-0.25, -0.2) is 0 Å². The molecule has 1 N–H and O–H groups in total. The lowest BCUT2D eigenvalue weighted by molar-refractivity contribution is 0.688. The van der Waals surface area contributed by atoms with Crippen LogP contribution in [0.5, 0.6) is 0 Å². The first kappa shape index (κ1) is 14.5. The van der Waals surface area contributed by atoms with Gasteiger partial charge >= 0.3 is 0 Å². The Labute approximate surface area is 126 Å². The van der Waals surface area contributed by atoms with Gasteiger partial charge < -0.3 is 5.32 Å². The van der Waals surface area contributed by atoms with E-state index in [-0.39, 0.29) is 0 Å². The monoisotopic (exact) mass is 339 g/mol. The van der Waals surface area contributed by atoms with Crippen LogP contribution in [0.1, 0.15) is 25.0 Å². The van der Waals surface area contributed by atoms with E-state index in [1.165, 1.54) is 22.7 Å². The minimum absolute atomic E-state index is 0.601. The Kier molecular flexibility index (Phi) is 4.58. The van der Waals surface area contributed by atoms with Crippen molar-refractivity contribution in [1.29, 1.82) is 0 Å². The molecule has 0 fully saturated rings.